The molecule has 0 aromatic rings. The van der Waals surface area contributed by atoms with Crippen molar-refractivity contribution in [1.29, 1.82) is 0 Å². The van der Waals surface area contributed by atoms with E-state index >= 15 is 0 Å². The minimum Gasteiger partial charge on any atom is -0.0743 e. The second-order valence-electron chi connectivity index (χ2n) is 2.49. The molecular weight excluding hydrogens is 104 g/mol. The first-order valence-corrected chi connectivity index (χ1v) is 9.93. The lowest BCUT2D eigenvalue weighted by atomic mass is 11.9. The number of hydrogen-bond donors (Lipinski definition) is 0. The van der Waals surface area contributed by atoms with E-state index in [0.717, 1.165) is 0 Å². The van der Waals surface area contributed by atoms with Gasteiger partial charge in [-0.3, -0.25) is 0 Å². The van der Waals surface area contributed by atoms with E-state index in [1.165, 1.54) is 0 Å². The van der Waals surface area contributed by atoms with Crippen molar-refractivity contribution in [3.05, 3.63) is 0 Å². The van der Waals surface area contributed by atoms with E-state index in [2.05, 4.69) is 26.2 Å². The average Bonchev–Trinajstić information content (AvgIpc) is 1.36. The molecule has 0 bridgehead atoms. The van der Waals surface area contributed by atoms with Crippen LogP contribution < -0.4 is 0 Å². The largest absolute Gasteiger partial charge is 0.0743 e. The molecule has 0 aliphatic carbocycles. The lowest BCUT2D eigenvalue weighted by molar-refractivity contribution is 1.97. The Morgan fingerprint density at radius 3 is 0.833 bits per heavy atom. The van der Waals surface area contributed by atoms with Crippen molar-refractivity contribution in [2.24, 2.45) is 0 Å². The Bertz CT molecular complexity index is 26.5. The van der Waals surface area contributed by atoms with Gasteiger partial charge in [-0.25, -0.2) is 0 Å². The average molecular weight is 118 g/mol. The summed E-state index contributed by atoms with van der Waals surface area (Å²) < 4.78 is 0. The molecule has 2 heteroatoms. The van der Waals surface area contributed by atoms with Crippen molar-refractivity contribution in [1.82, 2.24) is 0 Å². The maximum absolute atomic E-state index is 2.44. The Morgan fingerprint density at radius 1 is 0.667 bits per heavy atom. The van der Waals surface area contributed by atoms with Crippen molar-refractivity contribution in [3.63, 3.8) is 0 Å². The van der Waals surface area contributed by atoms with Crippen molar-refractivity contribution >= 4 is 16.6 Å². The highest BCUT2D eigenvalue weighted by Gasteiger charge is 1.99. The van der Waals surface area contributed by atoms with Gasteiger partial charge in [0.2, 0.25) is 0 Å². The van der Waals surface area contributed by atoms with Gasteiger partial charge in [0.25, 0.3) is 0 Å². The quantitative estimate of drug-likeness (QED) is 0.451. The third-order valence-corrected chi connectivity index (χ3v) is 12.0. The second-order valence-corrected chi connectivity index (χ2v) is 15.5. The van der Waals surface area contributed by atoms with Crippen LogP contribution in [0.1, 0.15) is 0 Å². The molecule has 0 aliphatic rings. The van der Waals surface area contributed by atoms with Crippen molar-refractivity contribution in [2.45, 2.75) is 26.2 Å². The zero-order valence-electron chi connectivity index (χ0n) is 5.15. The molecule has 0 spiro atoms. The van der Waals surface area contributed by atoms with Crippen LogP contribution in [0.25, 0.3) is 0 Å². The van der Waals surface area contributed by atoms with Crippen LogP contribution in [0, 0.1) is 0 Å². The highest BCUT2D eigenvalue weighted by Crippen LogP contribution is 1.85. The maximum atomic E-state index is 2.44. The van der Waals surface area contributed by atoms with Crippen LogP contribution in [0.2, 0.25) is 26.2 Å². The van der Waals surface area contributed by atoms with Crippen LogP contribution in [0.15, 0.2) is 0 Å². The zero-order chi connectivity index (χ0) is 5.15. The summed E-state index contributed by atoms with van der Waals surface area (Å²) in [6.45, 7) is 9.77. The molecule has 6 heavy (non-hydrogen) atoms. The fourth-order valence-corrected chi connectivity index (χ4v) is 0. The third kappa shape index (κ3) is 2.66. The summed E-state index contributed by atoms with van der Waals surface area (Å²) in [4.78, 5) is 0. The molecule has 0 fully saturated rings. The summed E-state index contributed by atoms with van der Waals surface area (Å²) in [6, 6.07) is 0. The molecule has 0 atom stereocenters. The highest BCUT2D eigenvalue weighted by atomic mass is 29.2. The van der Waals surface area contributed by atoms with Crippen LogP contribution in [0.5, 0.6) is 0 Å². The Hall–Kier alpha value is 0.434. The third-order valence-electron chi connectivity index (χ3n) is 1.33. The summed E-state index contributed by atoms with van der Waals surface area (Å²) in [5, 5.41) is 0. The van der Waals surface area contributed by atoms with E-state index in [0.29, 0.717) is 0 Å². The normalized spacial score (nSPS) is 11.0. The summed E-state index contributed by atoms with van der Waals surface area (Å²) in [5.41, 5.74) is 0. The van der Waals surface area contributed by atoms with E-state index in [-0.39, 0.29) is 16.6 Å². The number of hydrogen-bond acceptors (Lipinski definition) is 0. The molecule has 0 rings (SSSR count). The van der Waals surface area contributed by atoms with Gasteiger partial charge in [0, 0.05) is 16.6 Å². The van der Waals surface area contributed by atoms with Crippen molar-refractivity contribution in [3.8, 4) is 0 Å². The predicted octanol–water partition coefficient (Wildman–Crippen LogP) is 1.04. The first kappa shape index (κ1) is 6.43. The smallest absolute Gasteiger partial charge is 0.0213 e. The van der Waals surface area contributed by atoms with Gasteiger partial charge >= 0.3 is 0 Å². The SMILES string of the molecule is C[SiH](C)[SiH](C)C. The first-order chi connectivity index (χ1) is 2.64. The molecule has 0 saturated heterocycles. The van der Waals surface area contributed by atoms with Crippen LogP contribution >= 0.6 is 0 Å². The maximum Gasteiger partial charge on any atom is 0.0213 e. The molecule has 0 saturated carbocycles. The molecule has 0 nitrogen and oxygen atoms in total. The fourth-order valence-electron chi connectivity index (χ4n) is 0. The summed E-state index contributed by atoms with van der Waals surface area (Å²) in [6.07, 6.45) is 0. The Labute approximate surface area is 43.6 Å². The molecule has 0 aromatic carbocycles. The molecule has 0 aromatic heterocycles. The Morgan fingerprint density at radius 2 is 0.833 bits per heavy atom. The lowest BCUT2D eigenvalue weighted by Gasteiger charge is -2.01. The Kier molecular flexibility index (Phi) is 2.77. The van der Waals surface area contributed by atoms with E-state index in [1.54, 1.807) is 0 Å². The van der Waals surface area contributed by atoms with Gasteiger partial charge < -0.3 is 0 Å². The summed E-state index contributed by atoms with van der Waals surface area (Å²) >= 11 is 0. The summed E-state index contributed by atoms with van der Waals surface area (Å²) in [7, 11) is -0.210. The van der Waals surface area contributed by atoms with Gasteiger partial charge in [0.05, 0.1) is 0 Å². The molecular formula is C4H14Si2. The van der Waals surface area contributed by atoms with Gasteiger partial charge in [-0.1, -0.05) is 26.2 Å². The summed E-state index contributed by atoms with van der Waals surface area (Å²) in [5.74, 6) is 0. The van der Waals surface area contributed by atoms with Gasteiger partial charge in [-0.15, -0.1) is 0 Å². The van der Waals surface area contributed by atoms with E-state index in [4.69, 9.17) is 0 Å². The van der Waals surface area contributed by atoms with Crippen LogP contribution in [0.4, 0.5) is 0 Å². The van der Waals surface area contributed by atoms with E-state index in [9.17, 15) is 0 Å². The molecule has 0 heterocycles. The molecule has 0 radical (unpaired) electrons. The van der Waals surface area contributed by atoms with Crippen LogP contribution in [0.3, 0.4) is 0 Å². The topological polar surface area (TPSA) is 0 Å². The standard InChI is InChI=1S/C4H14Si2/c1-5(2)6(3)4/h5-6H,1-4H3. The number of rotatable bonds is 1. The van der Waals surface area contributed by atoms with E-state index < -0.39 is 0 Å². The highest BCUT2D eigenvalue weighted by molar-refractivity contribution is 7.20. The molecule has 0 amide bonds. The zero-order valence-corrected chi connectivity index (χ0v) is 7.46. The molecule has 0 aliphatic heterocycles. The lowest BCUT2D eigenvalue weighted by Crippen LogP contribution is -2.21. The van der Waals surface area contributed by atoms with E-state index in [1.807, 2.05) is 0 Å². The van der Waals surface area contributed by atoms with Gasteiger partial charge in [0.15, 0.2) is 0 Å². The van der Waals surface area contributed by atoms with Crippen LogP contribution in [-0.4, -0.2) is 16.6 Å². The minimum atomic E-state index is -0.105. The first-order valence-electron chi connectivity index (χ1n) is 2.64. The molecule has 38 valence electrons. The van der Waals surface area contributed by atoms with Gasteiger partial charge in [0.1, 0.15) is 0 Å². The Balaban J connectivity index is 2.99. The molecule has 0 N–H and O–H groups in total. The fraction of sp³-hybridized carbons (Fsp3) is 1.00. The van der Waals surface area contributed by atoms with Crippen LogP contribution in [-0.2, 0) is 0 Å². The minimum absolute atomic E-state index is 0.105. The second kappa shape index (κ2) is 2.58. The van der Waals surface area contributed by atoms with Gasteiger partial charge in [-0.2, -0.15) is 0 Å². The van der Waals surface area contributed by atoms with Crippen molar-refractivity contribution < 1.29 is 0 Å². The van der Waals surface area contributed by atoms with Gasteiger partial charge in [-0.05, 0) is 0 Å². The van der Waals surface area contributed by atoms with Crippen molar-refractivity contribution in [2.75, 3.05) is 0 Å². The molecule has 0 unspecified atom stereocenters. The predicted molar refractivity (Wildman–Crippen MR) is 37.8 cm³/mol. The monoisotopic (exact) mass is 118 g/mol.